The van der Waals surface area contributed by atoms with E-state index in [0.717, 1.165) is 44.2 Å². The summed E-state index contributed by atoms with van der Waals surface area (Å²) in [6.07, 6.45) is 7.67. The Morgan fingerprint density at radius 3 is 2.32 bits per heavy atom. The minimum atomic E-state index is -3.08. The lowest BCUT2D eigenvalue weighted by Crippen LogP contribution is -2.42. The highest BCUT2D eigenvalue weighted by Crippen LogP contribution is 2.30. The summed E-state index contributed by atoms with van der Waals surface area (Å²) in [6, 6.07) is 0. The van der Waals surface area contributed by atoms with Crippen molar-refractivity contribution in [1.29, 1.82) is 0 Å². The zero-order chi connectivity index (χ0) is 13.7. The van der Waals surface area contributed by atoms with Gasteiger partial charge in [-0.15, -0.1) is 0 Å². The van der Waals surface area contributed by atoms with Crippen LogP contribution in [0.25, 0.3) is 0 Å². The fourth-order valence-corrected chi connectivity index (χ4v) is 4.74. The van der Waals surface area contributed by atoms with E-state index in [9.17, 15) is 8.42 Å². The van der Waals surface area contributed by atoms with Crippen LogP contribution >= 0.6 is 0 Å². The van der Waals surface area contributed by atoms with Crippen molar-refractivity contribution in [2.24, 2.45) is 11.8 Å². The highest BCUT2D eigenvalue weighted by Gasteiger charge is 2.27. The first-order chi connectivity index (χ1) is 9.08. The number of piperidine rings is 1. The molecule has 0 radical (unpaired) electrons. The zero-order valence-corrected chi connectivity index (χ0v) is 12.8. The molecule has 2 aliphatic rings. The Bertz CT molecular complexity index is 356. The Balaban J connectivity index is 1.69. The van der Waals surface area contributed by atoms with Crippen molar-refractivity contribution < 1.29 is 8.42 Å². The second-order valence-electron chi connectivity index (χ2n) is 6.30. The maximum Gasteiger partial charge on any atom is 0.214 e. The predicted octanol–water partition coefficient (Wildman–Crippen LogP) is 1.87. The van der Waals surface area contributed by atoms with E-state index >= 15 is 0 Å². The minimum Gasteiger partial charge on any atom is -0.317 e. The van der Waals surface area contributed by atoms with Gasteiger partial charge < -0.3 is 5.32 Å². The van der Waals surface area contributed by atoms with Crippen LogP contribution < -0.4 is 10.0 Å². The van der Waals surface area contributed by atoms with Gasteiger partial charge in [0.25, 0.3) is 0 Å². The second kappa shape index (κ2) is 7.04. The van der Waals surface area contributed by atoms with E-state index in [1.807, 2.05) is 0 Å². The SMILES string of the molecule is CC1CCC(CCNS(=O)(=O)C2CCNCC2)CC1. The van der Waals surface area contributed by atoms with Gasteiger partial charge in [-0.1, -0.05) is 32.6 Å². The van der Waals surface area contributed by atoms with Gasteiger partial charge in [0.05, 0.1) is 5.25 Å². The van der Waals surface area contributed by atoms with E-state index in [2.05, 4.69) is 17.0 Å². The van der Waals surface area contributed by atoms with Crippen molar-refractivity contribution in [3.63, 3.8) is 0 Å². The van der Waals surface area contributed by atoms with Gasteiger partial charge in [0.2, 0.25) is 10.0 Å². The fourth-order valence-electron chi connectivity index (χ4n) is 3.25. The van der Waals surface area contributed by atoms with E-state index in [0.29, 0.717) is 6.54 Å². The summed E-state index contributed by atoms with van der Waals surface area (Å²) >= 11 is 0. The van der Waals surface area contributed by atoms with Gasteiger partial charge in [0.15, 0.2) is 0 Å². The molecular weight excluding hydrogens is 260 g/mol. The van der Waals surface area contributed by atoms with Crippen molar-refractivity contribution in [1.82, 2.24) is 10.0 Å². The van der Waals surface area contributed by atoms with Crippen molar-refractivity contribution >= 4 is 10.0 Å². The molecule has 0 atom stereocenters. The summed E-state index contributed by atoms with van der Waals surface area (Å²) in [6.45, 7) is 4.60. The van der Waals surface area contributed by atoms with Gasteiger partial charge in [0, 0.05) is 6.54 Å². The molecule has 0 aromatic heterocycles. The van der Waals surface area contributed by atoms with Crippen molar-refractivity contribution in [2.45, 2.75) is 57.1 Å². The van der Waals surface area contributed by atoms with E-state index in [4.69, 9.17) is 0 Å². The number of hydrogen-bond acceptors (Lipinski definition) is 3. The van der Waals surface area contributed by atoms with Crippen molar-refractivity contribution in [2.75, 3.05) is 19.6 Å². The average molecular weight is 288 g/mol. The van der Waals surface area contributed by atoms with Crippen LogP contribution in [0.2, 0.25) is 0 Å². The predicted molar refractivity (Wildman–Crippen MR) is 78.6 cm³/mol. The lowest BCUT2D eigenvalue weighted by Gasteiger charge is -2.27. The van der Waals surface area contributed by atoms with Crippen LogP contribution in [0.3, 0.4) is 0 Å². The number of rotatable bonds is 5. The van der Waals surface area contributed by atoms with Gasteiger partial charge in [-0.3, -0.25) is 0 Å². The van der Waals surface area contributed by atoms with Crippen LogP contribution in [-0.4, -0.2) is 33.3 Å². The smallest absolute Gasteiger partial charge is 0.214 e. The average Bonchev–Trinajstić information content (AvgIpc) is 2.42. The maximum atomic E-state index is 12.1. The number of hydrogen-bond donors (Lipinski definition) is 2. The van der Waals surface area contributed by atoms with Gasteiger partial charge in [-0.05, 0) is 44.2 Å². The fraction of sp³-hybridized carbons (Fsp3) is 1.00. The first-order valence-corrected chi connectivity index (χ1v) is 9.32. The molecule has 1 heterocycles. The standard InChI is InChI=1S/C14H28N2O2S/c1-12-2-4-13(5-3-12)6-11-16-19(17,18)14-7-9-15-10-8-14/h12-16H,2-11H2,1H3. The molecule has 0 aromatic rings. The van der Waals surface area contributed by atoms with Gasteiger partial charge in [-0.25, -0.2) is 13.1 Å². The van der Waals surface area contributed by atoms with Crippen molar-refractivity contribution in [3.05, 3.63) is 0 Å². The monoisotopic (exact) mass is 288 g/mol. The third-order valence-corrected chi connectivity index (χ3v) is 6.67. The molecule has 0 bridgehead atoms. The molecule has 4 nitrogen and oxygen atoms in total. The molecule has 1 aliphatic heterocycles. The third kappa shape index (κ3) is 4.72. The Morgan fingerprint density at radius 1 is 1.05 bits per heavy atom. The molecule has 19 heavy (non-hydrogen) atoms. The summed E-state index contributed by atoms with van der Waals surface area (Å²) < 4.78 is 27.1. The molecule has 1 aliphatic carbocycles. The normalized spacial score (nSPS) is 30.4. The van der Waals surface area contributed by atoms with Gasteiger partial charge in [0.1, 0.15) is 0 Å². The van der Waals surface area contributed by atoms with Crippen LogP contribution in [0, 0.1) is 11.8 Å². The molecule has 2 fully saturated rings. The molecule has 0 unspecified atom stereocenters. The largest absolute Gasteiger partial charge is 0.317 e. The molecule has 2 N–H and O–H groups in total. The summed E-state index contributed by atoms with van der Waals surface area (Å²) in [5.74, 6) is 1.59. The third-order valence-electron chi connectivity index (χ3n) is 4.72. The van der Waals surface area contributed by atoms with Crippen LogP contribution in [0.15, 0.2) is 0 Å². The lowest BCUT2D eigenvalue weighted by molar-refractivity contribution is 0.278. The summed E-state index contributed by atoms with van der Waals surface area (Å²) in [5.41, 5.74) is 0. The summed E-state index contributed by atoms with van der Waals surface area (Å²) in [4.78, 5) is 0. The first-order valence-electron chi connectivity index (χ1n) is 7.77. The van der Waals surface area contributed by atoms with Crippen LogP contribution in [-0.2, 0) is 10.0 Å². The second-order valence-corrected chi connectivity index (χ2v) is 8.35. The van der Waals surface area contributed by atoms with Crippen LogP contribution in [0.1, 0.15) is 51.9 Å². The molecule has 5 heteroatoms. The molecule has 0 aromatic carbocycles. The van der Waals surface area contributed by atoms with Crippen LogP contribution in [0.4, 0.5) is 0 Å². The molecule has 0 spiro atoms. The summed E-state index contributed by atoms with van der Waals surface area (Å²) in [7, 11) is -3.08. The maximum absolute atomic E-state index is 12.1. The molecule has 0 amide bonds. The zero-order valence-electron chi connectivity index (χ0n) is 12.0. The van der Waals surface area contributed by atoms with Crippen LogP contribution in [0.5, 0.6) is 0 Å². The molecule has 2 rings (SSSR count). The Hall–Kier alpha value is -0.130. The first kappa shape index (κ1) is 15.3. The Morgan fingerprint density at radius 2 is 1.68 bits per heavy atom. The topological polar surface area (TPSA) is 58.2 Å². The highest BCUT2D eigenvalue weighted by atomic mass is 32.2. The molecule has 1 saturated heterocycles. The minimum absolute atomic E-state index is 0.180. The molecular formula is C14H28N2O2S. The Labute approximate surface area is 117 Å². The number of sulfonamides is 1. The van der Waals surface area contributed by atoms with Crippen molar-refractivity contribution in [3.8, 4) is 0 Å². The van der Waals surface area contributed by atoms with Gasteiger partial charge >= 0.3 is 0 Å². The highest BCUT2D eigenvalue weighted by molar-refractivity contribution is 7.90. The number of nitrogens with one attached hydrogen (secondary N) is 2. The van der Waals surface area contributed by atoms with Gasteiger partial charge in [-0.2, -0.15) is 0 Å². The quantitative estimate of drug-likeness (QED) is 0.812. The molecule has 1 saturated carbocycles. The molecule has 112 valence electrons. The lowest BCUT2D eigenvalue weighted by atomic mass is 9.81. The Kier molecular flexibility index (Phi) is 5.66. The van der Waals surface area contributed by atoms with E-state index in [-0.39, 0.29) is 5.25 Å². The van der Waals surface area contributed by atoms with E-state index in [1.54, 1.807) is 0 Å². The van der Waals surface area contributed by atoms with E-state index in [1.165, 1.54) is 25.7 Å². The van der Waals surface area contributed by atoms with E-state index < -0.39 is 10.0 Å². The summed E-state index contributed by atoms with van der Waals surface area (Å²) in [5, 5.41) is 3.03.